The predicted molar refractivity (Wildman–Crippen MR) is 132 cm³/mol. The molecule has 0 aliphatic carbocycles. The molecule has 9 heteroatoms. The number of pyridine rings is 1. The van der Waals surface area contributed by atoms with Crippen LogP contribution >= 0.6 is 24.8 Å². The number of benzene rings is 1. The van der Waals surface area contributed by atoms with Crippen LogP contribution < -0.4 is 21.7 Å². The second-order valence-corrected chi connectivity index (χ2v) is 8.08. The molecule has 1 unspecified atom stereocenters. The van der Waals surface area contributed by atoms with Gasteiger partial charge < -0.3 is 21.7 Å². The first-order chi connectivity index (χ1) is 14.3. The number of nitrogens with one attached hydrogen (secondary N) is 3. The molecule has 1 fully saturated rings. The van der Waals surface area contributed by atoms with E-state index in [0.29, 0.717) is 24.2 Å². The Kier molecular flexibility index (Phi) is 10.9. The van der Waals surface area contributed by atoms with Gasteiger partial charge in [0.15, 0.2) is 0 Å². The molecule has 5 N–H and O–H groups in total. The lowest BCUT2D eigenvalue weighted by Crippen LogP contribution is -2.50. The highest BCUT2D eigenvalue weighted by Gasteiger charge is 2.33. The van der Waals surface area contributed by atoms with Crippen LogP contribution in [0.2, 0.25) is 0 Å². The maximum absolute atomic E-state index is 12.7. The summed E-state index contributed by atoms with van der Waals surface area (Å²) in [4.78, 5) is 29.3. The van der Waals surface area contributed by atoms with E-state index in [4.69, 9.17) is 5.73 Å². The molecule has 2 aromatic rings. The molecule has 176 valence electrons. The zero-order chi connectivity index (χ0) is 21.7. The maximum atomic E-state index is 12.7. The Balaban J connectivity index is 0.00000256. The molecule has 4 atom stereocenters. The number of aromatic nitrogens is 1. The fraction of sp³-hybridized carbons (Fsp3) is 0.435. The molecule has 1 saturated heterocycles. The summed E-state index contributed by atoms with van der Waals surface area (Å²) in [5.74, 6) is 0.840. The Hall–Kier alpha value is -2.35. The summed E-state index contributed by atoms with van der Waals surface area (Å²) < 4.78 is 0. The first-order valence-electron chi connectivity index (χ1n) is 10.4. The Morgan fingerprint density at radius 1 is 1.16 bits per heavy atom. The number of halogens is 2. The van der Waals surface area contributed by atoms with Gasteiger partial charge in [-0.05, 0) is 55.8 Å². The van der Waals surface area contributed by atoms with Crippen molar-refractivity contribution in [2.45, 2.75) is 51.7 Å². The van der Waals surface area contributed by atoms with Crippen molar-refractivity contribution >= 4 is 42.4 Å². The lowest BCUT2D eigenvalue weighted by molar-refractivity contribution is -0.129. The molecule has 0 saturated carbocycles. The third-order valence-electron chi connectivity index (χ3n) is 5.94. The number of nitrogens with two attached hydrogens (primary N) is 1. The van der Waals surface area contributed by atoms with Crippen LogP contribution in [0, 0.1) is 12.8 Å². The molecular formula is C23H33Cl2N5O2. The quantitative estimate of drug-likeness (QED) is 0.485. The minimum absolute atomic E-state index is 0. The van der Waals surface area contributed by atoms with Crippen molar-refractivity contribution in [2.75, 3.05) is 12.3 Å². The summed E-state index contributed by atoms with van der Waals surface area (Å²) in [7, 11) is 0. The van der Waals surface area contributed by atoms with Crippen molar-refractivity contribution < 1.29 is 9.59 Å². The summed E-state index contributed by atoms with van der Waals surface area (Å²) in [6, 6.07) is 13.0. The van der Waals surface area contributed by atoms with Gasteiger partial charge in [0.1, 0.15) is 11.9 Å². The molecule has 7 nitrogen and oxygen atoms in total. The predicted octanol–water partition coefficient (Wildman–Crippen LogP) is 2.72. The van der Waals surface area contributed by atoms with Gasteiger partial charge in [-0.1, -0.05) is 43.3 Å². The van der Waals surface area contributed by atoms with Gasteiger partial charge in [-0.15, -0.1) is 24.8 Å². The third-order valence-corrected chi connectivity index (χ3v) is 5.94. The zero-order valence-electron chi connectivity index (χ0n) is 18.6. The van der Waals surface area contributed by atoms with E-state index < -0.39 is 6.04 Å². The van der Waals surface area contributed by atoms with Crippen LogP contribution in [0.4, 0.5) is 5.82 Å². The topological polar surface area (TPSA) is 109 Å². The van der Waals surface area contributed by atoms with Crippen molar-refractivity contribution in [1.29, 1.82) is 0 Å². The summed E-state index contributed by atoms with van der Waals surface area (Å²) in [5, 5.41) is 8.99. The molecule has 1 aromatic carbocycles. The van der Waals surface area contributed by atoms with Crippen LogP contribution in [0.15, 0.2) is 42.5 Å². The van der Waals surface area contributed by atoms with Crippen LogP contribution in [0.25, 0.3) is 0 Å². The second-order valence-electron chi connectivity index (χ2n) is 8.08. The van der Waals surface area contributed by atoms with Gasteiger partial charge in [-0.3, -0.25) is 9.59 Å². The number of hydrogen-bond donors (Lipinski definition) is 4. The van der Waals surface area contributed by atoms with E-state index in [2.05, 4.69) is 40.0 Å². The minimum atomic E-state index is -0.619. The molecule has 2 amide bonds. The number of hydrogen-bond acceptors (Lipinski definition) is 5. The first kappa shape index (κ1) is 27.7. The number of carbonyl (C=O) groups excluding carboxylic acids is 2. The lowest BCUT2D eigenvalue weighted by Gasteiger charge is -2.20. The molecule has 1 aliphatic heterocycles. The lowest BCUT2D eigenvalue weighted by atomic mass is 9.86. The Labute approximate surface area is 202 Å². The number of anilines is 1. The largest absolute Gasteiger partial charge is 0.384 e. The maximum Gasteiger partial charge on any atom is 0.242 e. The second kappa shape index (κ2) is 12.6. The van der Waals surface area contributed by atoms with Crippen molar-refractivity contribution in [3.63, 3.8) is 0 Å². The highest BCUT2D eigenvalue weighted by Crippen LogP contribution is 2.30. The van der Waals surface area contributed by atoms with Crippen molar-refractivity contribution in [1.82, 2.24) is 20.9 Å². The van der Waals surface area contributed by atoms with Crippen LogP contribution in [0.1, 0.15) is 43.0 Å². The highest BCUT2D eigenvalue weighted by atomic mass is 35.5. The minimum Gasteiger partial charge on any atom is -0.384 e. The Morgan fingerprint density at radius 3 is 2.50 bits per heavy atom. The molecule has 0 bridgehead atoms. The molecule has 32 heavy (non-hydrogen) atoms. The number of rotatable bonds is 7. The van der Waals surface area contributed by atoms with E-state index in [1.54, 1.807) is 13.0 Å². The van der Waals surface area contributed by atoms with E-state index in [1.807, 2.05) is 31.2 Å². The van der Waals surface area contributed by atoms with E-state index in [-0.39, 0.29) is 42.7 Å². The van der Waals surface area contributed by atoms with Gasteiger partial charge >= 0.3 is 0 Å². The molecule has 1 aromatic heterocycles. The summed E-state index contributed by atoms with van der Waals surface area (Å²) in [5.41, 5.74) is 8.61. The molecule has 3 rings (SSSR count). The van der Waals surface area contributed by atoms with Gasteiger partial charge in [-0.25, -0.2) is 4.98 Å². The number of aryl methyl sites for hydroxylation is 1. The summed E-state index contributed by atoms with van der Waals surface area (Å²) >= 11 is 0. The standard InChI is InChI=1S/C23H31N5O2.2ClH/c1-14(17-7-5-4-6-8-17)19-11-20(25-13-19)23(30)28-16(3)22(29)26-12-18-9-10-21(24)27-15(18)2;;/h4-10,14,16,19-20,25H,11-13H2,1-3H3,(H2,24,27)(H,26,29)(H,28,30);2*1H/t14?,16-,19+,20+;;/m0../s1. The first-order valence-corrected chi connectivity index (χ1v) is 10.4. The average Bonchev–Trinajstić information content (AvgIpc) is 3.23. The fourth-order valence-electron chi connectivity index (χ4n) is 3.88. The van der Waals surface area contributed by atoms with Crippen LogP contribution in [0.5, 0.6) is 0 Å². The molecule has 2 heterocycles. The van der Waals surface area contributed by atoms with Crippen molar-refractivity contribution in [3.8, 4) is 0 Å². The van der Waals surface area contributed by atoms with Crippen LogP contribution in [-0.2, 0) is 16.1 Å². The molecular weight excluding hydrogens is 449 g/mol. The third kappa shape index (κ3) is 7.08. The van der Waals surface area contributed by atoms with Crippen molar-refractivity contribution in [2.24, 2.45) is 5.92 Å². The number of amides is 2. The number of nitrogen functional groups attached to an aromatic ring is 1. The van der Waals surface area contributed by atoms with Crippen LogP contribution in [-0.4, -0.2) is 35.4 Å². The van der Waals surface area contributed by atoms with Gasteiger partial charge in [0, 0.05) is 12.2 Å². The van der Waals surface area contributed by atoms with Gasteiger partial charge in [0.05, 0.1) is 6.04 Å². The number of nitrogens with zero attached hydrogens (tertiary/aromatic N) is 1. The molecule has 0 radical (unpaired) electrons. The average molecular weight is 482 g/mol. The van der Waals surface area contributed by atoms with E-state index >= 15 is 0 Å². The fourth-order valence-corrected chi connectivity index (χ4v) is 3.88. The Bertz CT molecular complexity index is 897. The Morgan fingerprint density at radius 2 is 1.84 bits per heavy atom. The highest BCUT2D eigenvalue weighted by molar-refractivity contribution is 5.89. The van der Waals surface area contributed by atoms with E-state index in [9.17, 15) is 9.59 Å². The zero-order valence-corrected chi connectivity index (χ0v) is 20.3. The summed E-state index contributed by atoms with van der Waals surface area (Å²) in [6.45, 7) is 6.88. The van der Waals surface area contributed by atoms with Crippen LogP contribution in [0.3, 0.4) is 0 Å². The van der Waals surface area contributed by atoms with E-state index in [0.717, 1.165) is 24.2 Å². The van der Waals surface area contributed by atoms with Gasteiger partial charge in [0.2, 0.25) is 11.8 Å². The monoisotopic (exact) mass is 481 g/mol. The van der Waals surface area contributed by atoms with Gasteiger partial charge in [-0.2, -0.15) is 0 Å². The van der Waals surface area contributed by atoms with E-state index in [1.165, 1.54) is 5.56 Å². The SMILES string of the molecule is Cc1nc(N)ccc1CNC(=O)[C@H](C)NC(=O)[C@H]1C[C@@H](C(C)c2ccccc2)CN1.Cl.Cl. The number of carbonyl (C=O) groups is 2. The summed E-state index contributed by atoms with van der Waals surface area (Å²) in [6.07, 6.45) is 0.756. The normalized spacial score (nSPS) is 19.1. The van der Waals surface area contributed by atoms with Gasteiger partial charge in [0.25, 0.3) is 0 Å². The smallest absolute Gasteiger partial charge is 0.242 e. The molecule has 0 spiro atoms. The van der Waals surface area contributed by atoms with Crippen molar-refractivity contribution in [3.05, 3.63) is 59.3 Å². The molecule has 1 aliphatic rings.